The number of hydrogen-bond donors (Lipinski definition) is 2. The van der Waals surface area contributed by atoms with Gasteiger partial charge in [0.15, 0.2) is 61.6 Å². The third-order valence-corrected chi connectivity index (χ3v) is 11.0. The summed E-state index contributed by atoms with van der Waals surface area (Å²) in [5.74, 6) is -11.5. The summed E-state index contributed by atoms with van der Waals surface area (Å²) in [6.45, 7) is 12.0. The topological polar surface area (TPSA) is 369 Å². The van der Waals surface area contributed by atoms with Crippen molar-refractivity contribution in [2.45, 2.75) is 174 Å². The highest BCUT2D eigenvalue weighted by atomic mass is 16.9. The molecule has 0 saturated carbocycles. The predicted molar refractivity (Wildman–Crippen MR) is 240 cm³/mol. The summed E-state index contributed by atoms with van der Waals surface area (Å²) in [6, 6.07) is 0. The van der Waals surface area contributed by atoms with Gasteiger partial charge in [-0.1, -0.05) is 6.58 Å². The molecule has 0 spiro atoms. The molecule has 30 heteroatoms. The minimum atomic E-state index is -2.20. The van der Waals surface area contributed by atoms with E-state index in [-0.39, 0.29) is 25.1 Å². The second-order valence-electron chi connectivity index (χ2n) is 17.4. The largest absolute Gasteiger partial charge is 0.465 e. The number of carbonyl (C=O) groups is 11. The lowest BCUT2D eigenvalue weighted by Gasteiger charge is -2.50. The minimum absolute atomic E-state index is 0.00199. The maximum absolute atomic E-state index is 13.1. The van der Waals surface area contributed by atoms with E-state index in [1.165, 1.54) is 13.8 Å². The Morgan fingerprint density at radius 2 is 0.868 bits per heavy atom. The molecule has 16 atom stereocenters. The first-order valence-electron chi connectivity index (χ1n) is 23.5. The van der Waals surface area contributed by atoms with Crippen molar-refractivity contribution in [3.05, 3.63) is 12.2 Å². The molecular weight excluding hydrogens is 1030 g/mol. The molecule has 0 aromatic heterocycles. The summed E-state index contributed by atoms with van der Waals surface area (Å²) < 4.78 is 98.0. The number of alkyl carbamates (subject to hydrolysis) is 1. The second-order valence-corrected chi connectivity index (χ2v) is 17.4. The Kier molecular flexibility index (Phi) is 22.8. The number of carbonyl (C=O) groups excluding carboxylic acids is 11. The Morgan fingerprint density at radius 3 is 1.33 bits per heavy atom. The van der Waals surface area contributed by atoms with Crippen LogP contribution in [0.1, 0.15) is 75.7 Å². The minimum Gasteiger partial charge on any atom is -0.465 e. The smallest absolute Gasteiger partial charge is 0.407 e. The monoisotopic (exact) mass is 1090 g/mol. The van der Waals surface area contributed by atoms with Crippen molar-refractivity contribution < 1.29 is 133 Å². The average molecular weight is 1090 g/mol. The molecule has 2 amide bonds. The fourth-order valence-electron chi connectivity index (χ4n) is 8.09. The molecule has 0 aliphatic carbocycles. The van der Waals surface area contributed by atoms with Crippen LogP contribution in [0, 0.1) is 0 Å². The fraction of sp³-hybridized carbons (Fsp3) is 0.717. The molecule has 0 aromatic rings. The summed E-state index contributed by atoms with van der Waals surface area (Å²) in [5.41, 5.74) is 0.269. The maximum atomic E-state index is 13.1. The quantitative estimate of drug-likeness (QED) is 0.0554. The Morgan fingerprint density at radius 1 is 0.474 bits per heavy atom. The average Bonchev–Trinajstić information content (AvgIpc) is 3.66. The number of hydrogen-bond acceptors (Lipinski definition) is 28. The highest BCUT2D eigenvalue weighted by Gasteiger charge is 2.63. The van der Waals surface area contributed by atoms with Gasteiger partial charge in [0.2, 0.25) is 5.91 Å². The number of nitrogens with one attached hydrogen (secondary N) is 2. The van der Waals surface area contributed by atoms with Gasteiger partial charge in [0.05, 0.1) is 7.11 Å². The lowest BCUT2D eigenvalue weighted by Crippen LogP contribution is -2.68. The Labute approximate surface area is 434 Å². The molecule has 0 aromatic carbocycles. The zero-order chi connectivity index (χ0) is 56.8. The van der Waals surface area contributed by atoms with Crippen LogP contribution in [0.4, 0.5) is 4.79 Å². The fourth-order valence-corrected chi connectivity index (χ4v) is 8.09. The van der Waals surface area contributed by atoms with E-state index in [0.29, 0.717) is 0 Å². The van der Waals surface area contributed by atoms with Crippen LogP contribution in [0.3, 0.4) is 0 Å². The van der Waals surface area contributed by atoms with Crippen molar-refractivity contribution in [2.24, 2.45) is 0 Å². The van der Waals surface area contributed by atoms with Crippen LogP contribution in [0.15, 0.2) is 12.2 Å². The van der Waals surface area contributed by atoms with Gasteiger partial charge in [0, 0.05) is 81.0 Å². The van der Waals surface area contributed by atoms with Crippen LogP contribution in [0.2, 0.25) is 0 Å². The summed E-state index contributed by atoms with van der Waals surface area (Å²) in [5, 5.41) is 5.10. The summed E-state index contributed by atoms with van der Waals surface area (Å²) in [6.07, 6.45) is -27.5. The van der Waals surface area contributed by atoms with Gasteiger partial charge >= 0.3 is 59.8 Å². The molecule has 4 saturated heterocycles. The van der Waals surface area contributed by atoms with E-state index < -0.39 is 183 Å². The second kappa shape index (κ2) is 28.0. The molecule has 0 radical (unpaired) electrons. The summed E-state index contributed by atoms with van der Waals surface area (Å²) in [4.78, 5) is 139. The molecule has 4 aliphatic rings. The zero-order valence-electron chi connectivity index (χ0n) is 43.5. The first-order chi connectivity index (χ1) is 35.6. The summed E-state index contributed by atoms with van der Waals surface area (Å²) >= 11 is 0. The molecule has 4 fully saturated rings. The van der Waals surface area contributed by atoms with E-state index in [0.717, 1.165) is 62.5 Å². The van der Waals surface area contributed by atoms with Crippen LogP contribution in [0.25, 0.3) is 0 Å². The number of esters is 9. The number of amides is 2. The Hall–Kier alpha value is -6.57. The van der Waals surface area contributed by atoms with Crippen LogP contribution >= 0.6 is 0 Å². The number of fused-ring (bicyclic) bond motifs is 1. The molecule has 76 heavy (non-hydrogen) atoms. The van der Waals surface area contributed by atoms with Crippen LogP contribution in [0.5, 0.6) is 0 Å². The SMILES string of the molecule is C=C(C)C(=O)NCCCNC(=O)OC[C@@H]1O[C@@H]2OC(C)(C(=O)OC)OC2C(OC(C)=O)[C@@H]1O[C@@H]1OC(COC(C)=O)[C@H](O[C@H]2OC(COC(C)=O)[C@H](OC(C)=O)[C@@H](OC(C)=O)C2OC(C)=O)[C@@H](OC(C)=O)C1OC(C)=O. The van der Waals surface area contributed by atoms with Crippen molar-refractivity contribution in [1.82, 2.24) is 10.6 Å². The summed E-state index contributed by atoms with van der Waals surface area (Å²) in [7, 11) is 1.04. The van der Waals surface area contributed by atoms with Gasteiger partial charge in [-0.25, -0.2) is 9.59 Å². The van der Waals surface area contributed by atoms with Gasteiger partial charge in [-0.15, -0.1) is 0 Å². The molecule has 0 bridgehead atoms. The van der Waals surface area contributed by atoms with Crippen molar-refractivity contribution in [1.29, 1.82) is 0 Å². The van der Waals surface area contributed by atoms with E-state index in [2.05, 4.69) is 17.2 Å². The van der Waals surface area contributed by atoms with Crippen molar-refractivity contribution in [2.75, 3.05) is 40.0 Å². The van der Waals surface area contributed by atoms with Gasteiger partial charge < -0.3 is 91.2 Å². The third kappa shape index (κ3) is 17.5. The van der Waals surface area contributed by atoms with Crippen LogP contribution in [-0.4, -0.2) is 204 Å². The van der Waals surface area contributed by atoms with E-state index in [4.69, 9.17) is 80.5 Å². The number of ether oxygens (including phenoxy) is 17. The number of rotatable bonds is 22. The lowest BCUT2D eigenvalue weighted by atomic mass is 9.95. The van der Waals surface area contributed by atoms with Crippen molar-refractivity contribution >= 4 is 65.7 Å². The van der Waals surface area contributed by atoms with E-state index in [9.17, 15) is 52.7 Å². The molecule has 426 valence electrons. The molecule has 2 N–H and O–H groups in total. The zero-order valence-corrected chi connectivity index (χ0v) is 43.5. The van der Waals surface area contributed by atoms with Gasteiger partial charge in [0.25, 0.3) is 5.79 Å². The Balaban J connectivity index is 1.84. The predicted octanol–water partition coefficient (Wildman–Crippen LogP) is -1.24. The molecule has 30 nitrogen and oxygen atoms in total. The number of methoxy groups -OCH3 is 1. The van der Waals surface area contributed by atoms with Crippen LogP contribution in [-0.2, 0) is 128 Å². The van der Waals surface area contributed by atoms with Gasteiger partial charge in [-0.3, -0.25) is 43.2 Å². The molecule has 7 unspecified atom stereocenters. The van der Waals surface area contributed by atoms with Gasteiger partial charge in [-0.2, -0.15) is 0 Å². The highest BCUT2D eigenvalue weighted by Crippen LogP contribution is 2.42. The molecule has 4 rings (SSSR count). The van der Waals surface area contributed by atoms with Crippen molar-refractivity contribution in [3.63, 3.8) is 0 Å². The van der Waals surface area contributed by atoms with Crippen molar-refractivity contribution in [3.8, 4) is 0 Å². The van der Waals surface area contributed by atoms with Gasteiger partial charge in [-0.05, 0) is 13.3 Å². The van der Waals surface area contributed by atoms with Crippen LogP contribution < -0.4 is 10.6 Å². The standard InChI is InChI=1S/C46H64N2O28/c1-19(2)40(57)47-14-13-15-48-45(59)63-18-30-33(36(67-25(8)54)39-43(72-30)76-46(11,75-39)44(58)60-12)74-42-38(69-27(10)56)35(66-24(7)53)32(29(71-42)17-62-21(4)50)73-41-37(68-26(9)55)34(65-23(6)52)31(64-22(5)51)28(70-41)16-61-20(3)49/h28-39,41-43H,1,13-18H2,2-12H3,(H,47,57)(H,48,59)/t28?,29?,30-,31-,32-,33+,34+,35+,36?,37?,38?,39?,41+,42-,43+,46?/m0/s1. The third-order valence-electron chi connectivity index (χ3n) is 11.0. The molecule has 4 heterocycles. The first-order valence-corrected chi connectivity index (χ1v) is 23.5. The lowest BCUT2D eigenvalue weighted by molar-refractivity contribution is -0.375. The first kappa shape index (κ1) is 62.0. The van der Waals surface area contributed by atoms with E-state index in [1.54, 1.807) is 0 Å². The molecule has 4 aliphatic heterocycles. The normalized spacial score (nSPS) is 31.5. The van der Waals surface area contributed by atoms with E-state index in [1.807, 2.05) is 0 Å². The Bertz CT molecular complexity index is 2170. The maximum Gasteiger partial charge on any atom is 0.407 e. The van der Waals surface area contributed by atoms with E-state index >= 15 is 0 Å². The molecular formula is C46H64N2O28. The highest BCUT2D eigenvalue weighted by molar-refractivity contribution is 5.92. The van der Waals surface area contributed by atoms with Gasteiger partial charge in [0.1, 0.15) is 50.3 Å².